The highest BCUT2D eigenvalue weighted by Gasteiger charge is 2.15. The number of thiophene rings is 1. The van der Waals surface area contributed by atoms with Gasteiger partial charge in [-0.25, -0.2) is 4.40 Å². The van der Waals surface area contributed by atoms with E-state index in [4.69, 9.17) is 0 Å². The highest BCUT2D eigenvalue weighted by atomic mass is 32.2. The van der Waals surface area contributed by atoms with E-state index in [0.717, 1.165) is 0 Å². The van der Waals surface area contributed by atoms with Crippen molar-refractivity contribution < 1.29 is 4.79 Å². The maximum Gasteiger partial charge on any atom is 0.261 e. The van der Waals surface area contributed by atoms with Crippen molar-refractivity contribution in [1.82, 2.24) is 29.9 Å². The number of nitrogens with zero attached hydrogens (tertiary/aromatic N) is 5. The summed E-state index contributed by atoms with van der Waals surface area (Å²) in [6.45, 7) is 7.95. The van der Waals surface area contributed by atoms with Crippen molar-refractivity contribution in [2.45, 2.75) is 32.5 Å². The Morgan fingerprint density at radius 1 is 1.22 bits per heavy atom. The van der Waals surface area contributed by atoms with E-state index in [1.165, 1.54) is 22.2 Å². The quantitative estimate of drug-likeness (QED) is 0.464. The summed E-state index contributed by atoms with van der Waals surface area (Å²) < 4.78 is 1.73. The Kier molecular flexibility index (Phi) is 6.45. The number of anilines is 2. The van der Waals surface area contributed by atoms with Gasteiger partial charge in [0.25, 0.3) is 5.78 Å². The minimum Gasteiger partial charge on any atom is -0.355 e. The standard InChI is InChI=1S/C16H22N8OS2/c1-4-17-13-20-14(18-5-2)24-15(21-13)22-23-16(24)27-9-12(25)19-8-11-10(3)6-7-26-11/h6-7H,4-5,8-9H2,1-3H3,(H,19,25)(H2,17,18,20,21,22). The van der Waals surface area contributed by atoms with Crippen molar-refractivity contribution in [3.63, 3.8) is 0 Å². The van der Waals surface area contributed by atoms with Crippen LogP contribution in [0.4, 0.5) is 11.9 Å². The van der Waals surface area contributed by atoms with Crippen LogP contribution in [0.5, 0.6) is 0 Å². The monoisotopic (exact) mass is 406 g/mol. The molecule has 3 N–H and O–H groups in total. The van der Waals surface area contributed by atoms with Gasteiger partial charge in [-0.3, -0.25) is 4.79 Å². The number of amides is 1. The molecule has 0 atom stereocenters. The molecule has 3 heterocycles. The van der Waals surface area contributed by atoms with Gasteiger partial charge >= 0.3 is 0 Å². The smallest absolute Gasteiger partial charge is 0.261 e. The number of nitrogens with one attached hydrogen (secondary N) is 3. The molecular weight excluding hydrogens is 384 g/mol. The zero-order valence-corrected chi connectivity index (χ0v) is 17.1. The largest absolute Gasteiger partial charge is 0.355 e. The minimum atomic E-state index is -0.0558. The van der Waals surface area contributed by atoms with Crippen LogP contribution in [0.1, 0.15) is 24.3 Å². The van der Waals surface area contributed by atoms with Crippen LogP contribution < -0.4 is 16.0 Å². The van der Waals surface area contributed by atoms with E-state index < -0.39 is 0 Å². The Labute approximate surface area is 165 Å². The lowest BCUT2D eigenvalue weighted by Gasteiger charge is -2.09. The first kappa shape index (κ1) is 19.4. The zero-order valence-electron chi connectivity index (χ0n) is 15.4. The first-order valence-corrected chi connectivity index (χ1v) is 10.5. The highest BCUT2D eigenvalue weighted by Crippen LogP contribution is 2.21. The van der Waals surface area contributed by atoms with Crippen LogP contribution in [0.15, 0.2) is 16.6 Å². The molecule has 144 valence electrons. The maximum absolute atomic E-state index is 12.2. The van der Waals surface area contributed by atoms with Gasteiger partial charge in [-0.15, -0.1) is 21.5 Å². The Bertz CT molecular complexity index is 922. The number of carbonyl (C=O) groups is 1. The number of thioether (sulfide) groups is 1. The Hall–Kier alpha value is -2.40. The van der Waals surface area contributed by atoms with E-state index in [2.05, 4.69) is 36.1 Å². The third-order valence-electron chi connectivity index (χ3n) is 3.66. The van der Waals surface area contributed by atoms with Gasteiger partial charge in [0.2, 0.25) is 17.8 Å². The van der Waals surface area contributed by atoms with Crippen LogP contribution in [-0.2, 0) is 11.3 Å². The van der Waals surface area contributed by atoms with Crippen molar-refractivity contribution in [1.29, 1.82) is 0 Å². The third-order valence-corrected chi connectivity index (χ3v) is 5.61. The molecule has 3 aromatic heterocycles. The number of fused-ring (bicyclic) bond motifs is 1. The van der Waals surface area contributed by atoms with Crippen LogP contribution in [0.2, 0.25) is 0 Å². The summed E-state index contributed by atoms with van der Waals surface area (Å²) in [6, 6.07) is 2.05. The second-order valence-electron chi connectivity index (χ2n) is 5.64. The number of hydrogen-bond acceptors (Lipinski definition) is 9. The molecule has 0 aromatic carbocycles. The van der Waals surface area contributed by atoms with Crippen molar-refractivity contribution in [3.05, 3.63) is 21.9 Å². The molecule has 0 bridgehead atoms. The fourth-order valence-electron chi connectivity index (χ4n) is 2.34. The Balaban J connectivity index is 1.69. The van der Waals surface area contributed by atoms with Crippen molar-refractivity contribution in [2.24, 2.45) is 0 Å². The van der Waals surface area contributed by atoms with Crippen LogP contribution in [-0.4, -0.2) is 49.3 Å². The molecule has 1 amide bonds. The SMILES string of the molecule is CCNc1nc(NCC)n2c(SCC(=O)NCc3sccc3C)nnc2n1. The van der Waals surface area contributed by atoms with Crippen LogP contribution >= 0.6 is 23.1 Å². The highest BCUT2D eigenvalue weighted by molar-refractivity contribution is 7.99. The summed E-state index contributed by atoms with van der Waals surface area (Å²) in [4.78, 5) is 22.2. The number of aryl methyl sites for hydroxylation is 1. The van der Waals surface area contributed by atoms with Gasteiger partial charge in [-0.1, -0.05) is 11.8 Å². The summed E-state index contributed by atoms with van der Waals surface area (Å²) in [7, 11) is 0. The van der Waals surface area contributed by atoms with E-state index in [1.54, 1.807) is 15.7 Å². The molecular formula is C16H22N8OS2. The van der Waals surface area contributed by atoms with Crippen LogP contribution in [0, 0.1) is 6.92 Å². The summed E-state index contributed by atoms with van der Waals surface area (Å²) in [5.74, 6) is 1.72. The zero-order chi connectivity index (χ0) is 19.2. The lowest BCUT2D eigenvalue weighted by atomic mass is 10.3. The normalized spacial score (nSPS) is 10.9. The molecule has 3 aromatic rings. The van der Waals surface area contributed by atoms with E-state index in [-0.39, 0.29) is 11.7 Å². The van der Waals surface area contributed by atoms with Crippen LogP contribution in [0.3, 0.4) is 0 Å². The predicted molar refractivity (Wildman–Crippen MR) is 109 cm³/mol. The van der Waals surface area contributed by atoms with E-state index >= 15 is 0 Å². The lowest BCUT2D eigenvalue weighted by Crippen LogP contribution is -2.24. The average Bonchev–Trinajstić information content (AvgIpc) is 3.25. The first-order chi connectivity index (χ1) is 13.1. The second-order valence-corrected chi connectivity index (χ2v) is 7.58. The Morgan fingerprint density at radius 3 is 2.74 bits per heavy atom. The topological polar surface area (TPSA) is 109 Å². The van der Waals surface area contributed by atoms with Gasteiger partial charge in [0.15, 0.2) is 5.16 Å². The molecule has 0 saturated heterocycles. The maximum atomic E-state index is 12.2. The summed E-state index contributed by atoms with van der Waals surface area (Å²) in [5, 5.41) is 20.1. The van der Waals surface area contributed by atoms with Gasteiger partial charge in [-0.2, -0.15) is 9.97 Å². The molecule has 0 radical (unpaired) electrons. The second kappa shape index (κ2) is 9.00. The molecule has 0 spiro atoms. The van der Waals surface area contributed by atoms with E-state index in [1.807, 2.05) is 32.2 Å². The summed E-state index contributed by atoms with van der Waals surface area (Å²) >= 11 is 2.95. The molecule has 0 unspecified atom stereocenters. The van der Waals surface area contributed by atoms with Crippen molar-refractivity contribution in [3.8, 4) is 0 Å². The fraction of sp³-hybridized carbons (Fsp3) is 0.438. The fourth-order valence-corrected chi connectivity index (χ4v) is 3.95. The summed E-state index contributed by atoms with van der Waals surface area (Å²) in [5.41, 5.74) is 1.19. The molecule has 9 nitrogen and oxygen atoms in total. The van der Waals surface area contributed by atoms with Crippen LogP contribution in [0.25, 0.3) is 5.78 Å². The molecule has 27 heavy (non-hydrogen) atoms. The predicted octanol–water partition coefficient (Wildman–Crippen LogP) is 2.16. The molecule has 0 aliphatic rings. The molecule has 3 rings (SSSR count). The van der Waals surface area contributed by atoms with E-state index in [0.29, 0.717) is 42.5 Å². The number of rotatable bonds is 9. The molecule has 0 aliphatic carbocycles. The number of carbonyl (C=O) groups excluding carboxylic acids is 1. The Morgan fingerprint density at radius 2 is 2.04 bits per heavy atom. The lowest BCUT2D eigenvalue weighted by molar-refractivity contribution is -0.118. The summed E-state index contributed by atoms with van der Waals surface area (Å²) in [6.07, 6.45) is 0. The van der Waals surface area contributed by atoms with E-state index in [9.17, 15) is 4.79 Å². The molecule has 11 heteroatoms. The van der Waals surface area contributed by atoms with Gasteiger partial charge in [0, 0.05) is 18.0 Å². The van der Waals surface area contributed by atoms with Gasteiger partial charge in [0.05, 0.1) is 12.3 Å². The van der Waals surface area contributed by atoms with Gasteiger partial charge in [0.1, 0.15) is 0 Å². The van der Waals surface area contributed by atoms with Gasteiger partial charge in [-0.05, 0) is 37.8 Å². The molecule has 0 fully saturated rings. The number of hydrogen-bond donors (Lipinski definition) is 3. The molecule has 0 aliphatic heterocycles. The van der Waals surface area contributed by atoms with Gasteiger partial charge < -0.3 is 16.0 Å². The third kappa shape index (κ3) is 4.66. The van der Waals surface area contributed by atoms with Crippen molar-refractivity contribution in [2.75, 3.05) is 29.5 Å². The molecule has 0 saturated carbocycles. The minimum absolute atomic E-state index is 0.0558. The van der Waals surface area contributed by atoms with Crippen molar-refractivity contribution >= 4 is 46.7 Å². The average molecular weight is 407 g/mol. The first-order valence-electron chi connectivity index (χ1n) is 8.65. The number of aromatic nitrogens is 5.